The van der Waals surface area contributed by atoms with Crippen LogP contribution in [0.2, 0.25) is 0 Å². The van der Waals surface area contributed by atoms with Crippen LogP contribution in [0.4, 0.5) is 18.9 Å². The number of hydrogen-bond acceptors (Lipinski definition) is 5. The normalized spacial score (nSPS) is 11.7. The number of alkyl halides is 3. The fraction of sp³-hybridized carbons (Fsp3) is 0.125. The van der Waals surface area contributed by atoms with Crippen LogP contribution < -0.4 is 5.32 Å². The first-order valence-corrected chi connectivity index (χ1v) is 10.5. The highest BCUT2D eigenvalue weighted by Crippen LogP contribution is 2.35. The van der Waals surface area contributed by atoms with Crippen LogP contribution in [0.5, 0.6) is 0 Å². The van der Waals surface area contributed by atoms with Gasteiger partial charge < -0.3 is 5.32 Å². The molecule has 8 nitrogen and oxygen atoms in total. The second-order valence-electron chi connectivity index (χ2n) is 7.91. The average Bonchev–Trinajstić information content (AvgIpc) is 3.45. The van der Waals surface area contributed by atoms with E-state index in [4.69, 9.17) is 0 Å². The van der Waals surface area contributed by atoms with E-state index in [1.54, 1.807) is 67.4 Å². The van der Waals surface area contributed by atoms with Gasteiger partial charge in [0.05, 0.1) is 41.2 Å². The molecule has 4 aromatic heterocycles. The van der Waals surface area contributed by atoms with Gasteiger partial charge in [0.15, 0.2) is 5.69 Å². The highest BCUT2D eigenvalue weighted by Gasteiger charge is 2.41. The predicted octanol–water partition coefficient (Wildman–Crippen LogP) is 4.80. The summed E-state index contributed by atoms with van der Waals surface area (Å²) < 4.78 is 44.8. The lowest BCUT2D eigenvalue weighted by molar-refractivity contribution is -0.143. The topological polar surface area (TPSA) is 90.5 Å². The first kappa shape index (κ1) is 22.3. The van der Waals surface area contributed by atoms with Gasteiger partial charge >= 0.3 is 6.18 Å². The number of rotatable bonds is 4. The Labute approximate surface area is 197 Å². The quantitative estimate of drug-likeness (QED) is 0.402. The maximum Gasteiger partial charge on any atom is 0.434 e. The van der Waals surface area contributed by atoms with E-state index in [0.717, 1.165) is 6.20 Å². The van der Waals surface area contributed by atoms with Gasteiger partial charge in [-0.3, -0.25) is 19.4 Å². The Morgan fingerprint density at radius 2 is 1.86 bits per heavy atom. The van der Waals surface area contributed by atoms with E-state index >= 15 is 0 Å². The molecule has 0 unspecified atom stereocenters. The van der Waals surface area contributed by atoms with Crippen molar-refractivity contribution in [1.29, 1.82) is 0 Å². The number of nitrogens with one attached hydrogen (secondary N) is 1. The molecule has 0 aliphatic heterocycles. The van der Waals surface area contributed by atoms with Crippen molar-refractivity contribution in [2.75, 3.05) is 5.32 Å². The summed E-state index contributed by atoms with van der Waals surface area (Å²) in [6.45, 7) is 1.78. The first-order valence-electron chi connectivity index (χ1n) is 10.5. The van der Waals surface area contributed by atoms with Crippen LogP contribution in [-0.4, -0.2) is 35.4 Å². The summed E-state index contributed by atoms with van der Waals surface area (Å²) in [4.78, 5) is 21.3. The molecule has 5 aromatic rings. The largest absolute Gasteiger partial charge is 0.434 e. The van der Waals surface area contributed by atoms with Gasteiger partial charge in [0.2, 0.25) is 0 Å². The van der Waals surface area contributed by atoms with Gasteiger partial charge in [0.1, 0.15) is 5.69 Å². The molecule has 0 aliphatic rings. The molecule has 11 heteroatoms. The van der Waals surface area contributed by atoms with Crippen LogP contribution in [0.3, 0.4) is 0 Å². The summed E-state index contributed by atoms with van der Waals surface area (Å²) in [7, 11) is 1.78. The van der Waals surface area contributed by atoms with E-state index < -0.39 is 23.3 Å². The number of amides is 1. The monoisotopic (exact) mass is 477 g/mol. The van der Waals surface area contributed by atoms with Crippen LogP contribution in [0.15, 0.2) is 67.4 Å². The fourth-order valence-corrected chi connectivity index (χ4v) is 3.89. The highest BCUT2D eigenvalue weighted by atomic mass is 19.4. The second kappa shape index (κ2) is 8.35. The SMILES string of the molecule is Cc1cc(NC(=O)c2cnn(-c3cncc4ccccc34)c2C(F)(F)F)cnc1-c1ccn(C)n1. The number of pyridine rings is 2. The number of aryl methyl sites for hydroxylation is 2. The van der Waals surface area contributed by atoms with Crippen LogP contribution >= 0.6 is 0 Å². The fourth-order valence-electron chi connectivity index (χ4n) is 3.89. The van der Waals surface area contributed by atoms with Crippen LogP contribution in [0.25, 0.3) is 27.8 Å². The Bertz CT molecular complexity index is 1560. The van der Waals surface area contributed by atoms with Crippen LogP contribution in [0.1, 0.15) is 21.6 Å². The van der Waals surface area contributed by atoms with Gasteiger partial charge in [-0.1, -0.05) is 24.3 Å². The minimum Gasteiger partial charge on any atom is -0.320 e. The van der Waals surface area contributed by atoms with Gasteiger partial charge in [0.25, 0.3) is 5.91 Å². The zero-order valence-electron chi connectivity index (χ0n) is 18.6. The van der Waals surface area contributed by atoms with Gasteiger partial charge in [-0.2, -0.15) is 23.4 Å². The molecule has 1 amide bonds. The molecule has 35 heavy (non-hydrogen) atoms. The van der Waals surface area contributed by atoms with Crippen molar-refractivity contribution in [3.8, 4) is 17.1 Å². The summed E-state index contributed by atoms with van der Waals surface area (Å²) >= 11 is 0. The number of nitrogens with zero attached hydrogens (tertiary/aromatic N) is 6. The molecular weight excluding hydrogens is 459 g/mol. The predicted molar refractivity (Wildman–Crippen MR) is 123 cm³/mol. The van der Waals surface area contributed by atoms with E-state index in [1.807, 2.05) is 0 Å². The van der Waals surface area contributed by atoms with Crippen molar-refractivity contribution in [1.82, 2.24) is 29.5 Å². The lowest BCUT2D eigenvalue weighted by Gasteiger charge is -2.14. The Morgan fingerprint density at radius 1 is 1.06 bits per heavy atom. The smallest absolute Gasteiger partial charge is 0.320 e. The Morgan fingerprint density at radius 3 is 2.57 bits per heavy atom. The van der Waals surface area contributed by atoms with Crippen molar-refractivity contribution in [2.45, 2.75) is 13.1 Å². The summed E-state index contributed by atoms with van der Waals surface area (Å²) in [6, 6.07) is 10.3. The number of fused-ring (bicyclic) bond motifs is 1. The summed E-state index contributed by atoms with van der Waals surface area (Å²) in [5.74, 6) is -0.955. The van der Waals surface area contributed by atoms with Gasteiger partial charge in [0, 0.05) is 30.2 Å². The number of carbonyl (C=O) groups is 1. The van der Waals surface area contributed by atoms with Crippen LogP contribution in [-0.2, 0) is 13.2 Å². The highest BCUT2D eigenvalue weighted by molar-refractivity contribution is 6.05. The van der Waals surface area contributed by atoms with Crippen molar-refractivity contribution < 1.29 is 18.0 Å². The molecule has 5 rings (SSSR count). The molecule has 1 N–H and O–H groups in total. The van der Waals surface area contributed by atoms with E-state index in [9.17, 15) is 18.0 Å². The van der Waals surface area contributed by atoms with Gasteiger partial charge in [-0.15, -0.1) is 0 Å². The molecule has 0 aliphatic carbocycles. The molecule has 0 spiro atoms. The number of carbonyl (C=O) groups excluding carboxylic acids is 1. The molecule has 0 bridgehead atoms. The Hall–Kier alpha value is -4.54. The molecule has 0 radical (unpaired) electrons. The third kappa shape index (κ3) is 4.12. The maximum atomic E-state index is 14.2. The molecule has 176 valence electrons. The second-order valence-corrected chi connectivity index (χ2v) is 7.91. The van der Waals surface area contributed by atoms with E-state index in [1.165, 1.54) is 12.4 Å². The van der Waals surface area contributed by atoms with Gasteiger partial charge in [-0.25, -0.2) is 4.68 Å². The summed E-state index contributed by atoms with van der Waals surface area (Å²) in [5, 5.41) is 11.9. The standard InChI is InChI=1S/C24H18F3N7O/c1-14-9-16(11-29-21(14)19-7-8-33(2)32-19)31-23(35)18-12-30-34(22(18)24(25,26)27)20-13-28-10-15-5-3-4-6-17(15)20/h3-13H,1-2H3,(H,31,35). The first-order chi connectivity index (χ1) is 16.7. The third-order valence-electron chi connectivity index (χ3n) is 5.45. The van der Waals surface area contributed by atoms with Crippen molar-refractivity contribution in [3.05, 3.63) is 84.2 Å². The molecule has 0 saturated carbocycles. The number of benzene rings is 1. The molecule has 1 aromatic carbocycles. The minimum atomic E-state index is -4.85. The molecule has 0 atom stereocenters. The average molecular weight is 477 g/mol. The number of halogens is 3. The molecule has 0 fully saturated rings. The van der Waals surface area contributed by atoms with E-state index in [-0.39, 0.29) is 11.4 Å². The number of anilines is 1. The lowest BCUT2D eigenvalue weighted by atomic mass is 10.1. The van der Waals surface area contributed by atoms with Crippen molar-refractivity contribution in [3.63, 3.8) is 0 Å². The van der Waals surface area contributed by atoms with Crippen molar-refractivity contribution in [2.24, 2.45) is 7.05 Å². The molecule has 0 saturated heterocycles. The molecule has 4 heterocycles. The number of hydrogen-bond donors (Lipinski definition) is 1. The summed E-state index contributed by atoms with van der Waals surface area (Å²) in [5.41, 5.74) is 0.518. The van der Waals surface area contributed by atoms with E-state index in [0.29, 0.717) is 32.4 Å². The number of aromatic nitrogens is 6. The zero-order chi connectivity index (χ0) is 24.7. The Balaban J connectivity index is 1.51. The lowest BCUT2D eigenvalue weighted by Crippen LogP contribution is -2.21. The third-order valence-corrected chi connectivity index (χ3v) is 5.45. The van der Waals surface area contributed by atoms with Gasteiger partial charge in [-0.05, 0) is 24.6 Å². The molecular formula is C24H18F3N7O. The maximum absolute atomic E-state index is 14.2. The van der Waals surface area contributed by atoms with Crippen LogP contribution in [0, 0.1) is 6.92 Å². The van der Waals surface area contributed by atoms with E-state index in [2.05, 4.69) is 25.5 Å². The summed E-state index contributed by atoms with van der Waals surface area (Å²) in [6.07, 6.45) is 2.04. The Kier molecular flexibility index (Phi) is 5.31. The minimum absolute atomic E-state index is 0.117. The zero-order valence-corrected chi connectivity index (χ0v) is 18.6. The van der Waals surface area contributed by atoms with Crippen molar-refractivity contribution >= 4 is 22.4 Å².